The van der Waals surface area contributed by atoms with Crippen LogP contribution in [0.25, 0.3) is 5.76 Å². The van der Waals surface area contributed by atoms with Crippen molar-refractivity contribution in [2.75, 3.05) is 0 Å². The average molecular weight is 471 g/mol. The maximum absolute atomic E-state index is 13.3. The molecule has 4 rings (SSSR count). The van der Waals surface area contributed by atoms with Gasteiger partial charge in [-0.05, 0) is 73.7 Å². The molecule has 1 fully saturated rings. The molecule has 0 aliphatic carbocycles. The van der Waals surface area contributed by atoms with E-state index in [1.54, 1.807) is 36.7 Å². The van der Waals surface area contributed by atoms with Crippen molar-refractivity contribution in [3.8, 4) is 5.75 Å². The van der Waals surface area contributed by atoms with Crippen molar-refractivity contribution in [2.24, 2.45) is 0 Å². The number of ether oxygens (including phenoxy) is 1. The number of aromatic nitrogens is 1. The molecule has 0 bridgehead atoms. The molecule has 1 amide bonds. The standard InChI is InChI=1S/C29H30N2O4/c1-5-20-8-10-22(11-9-20)26-25(27(32)23-12-13-24(19(4)15-23)35-18(2)3)28(33)29(34)31(26)17-21-7-6-14-30-16-21/h6-16,18,26,32H,5,17H2,1-4H3/b27-25+. The lowest BCUT2D eigenvalue weighted by atomic mass is 9.94. The molecular weight excluding hydrogens is 440 g/mol. The van der Waals surface area contributed by atoms with Crippen LogP contribution < -0.4 is 4.74 Å². The molecule has 1 atom stereocenters. The summed E-state index contributed by atoms with van der Waals surface area (Å²) >= 11 is 0. The Hall–Kier alpha value is -3.93. The molecule has 1 unspecified atom stereocenters. The van der Waals surface area contributed by atoms with Gasteiger partial charge in [0.2, 0.25) is 0 Å². The van der Waals surface area contributed by atoms with Crippen molar-refractivity contribution >= 4 is 17.4 Å². The first kappa shape index (κ1) is 24.2. The van der Waals surface area contributed by atoms with E-state index in [0.29, 0.717) is 11.3 Å². The van der Waals surface area contributed by atoms with E-state index in [-0.39, 0.29) is 24.0 Å². The molecule has 35 heavy (non-hydrogen) atoms. The summed E-state index contributed by atoms with van der Waals surface area (Å²) in [6.45, 7) is 8.05. The number of hydrogen-bond donors (Lipinski definition) is 1. The monoisotopic (exact) mass is 470 g/mol. The zero-order valence-electron chi connectivity index (χ0n) is 20.5. The number of pyridine rings is 1. The number of carbonyl (C=O) groups is 2. The fourth-order valence-corrected chi connectivity index (χ4v) is 4.35. The van der Waals surface area contributed by atoms with Crippen LogP contribution in [-0.2, 0) is 22.6 Å². The van der Waals surface area contributed by atoms with Crippen LogP contribution in [0.2, 0.25) is 0 Å². The van der Waals surface area contributed by atoms with Crippen molar-refractivity contribution in [1.29, 1.82) is 0 Å². The molecule has 0 spiro atoms. The molecule has 180 valence electrons. The number of aliphatic hydroxyl groups is 1. The highest BCUT2D eigenvalue weighted by molar-refractivity contribution is 6.46. The van der Waals surface area contributed by atoms with Crippen LogP contribution in [-0.4, -0.2) is 32.8 Å². The minimum Gasteiger partial charge on any atom is -0.507 e. The van der Waals surface area contributed by atoms with Crippen LogP contribution in [0.1, 0.15) is 54.6 Å². The lowest BCUT2D eigenvalue weighted by molar-refractivity contribution is -0.140. The summed E-state index contributed by atoms with van der Waals surface area (Å²) in [5, 5.41) is 11.3. The quantitative estimate of drug-likeness (QED) is 0.286. The van der Waals surface area contributed by atoms with E-state index in [9.17, 15) is 14.7 Å². The van der Waals surface area contributed by atoms with Crippen LogP contribution in [0.3, 0.4) is 0 Å². The van der Waals surface area contributed by atoms with E-state index in [0.717, 1.165) is 28.7 Å². The van der Waals surface area contributed by atoms with Crippen LogP contribution >= 0.6 is 0 Å². The summed E-state index contributed by atoms with van der Waals surface area (Å²) in [5.74, 6) is -0.825. The van der Waals surface area contributed by atoms with Gasteiger partial charge in [-0.25, -0.2) is 0 Å². The Balaban J connectivity index is 1.82. The highest BCUT2D eigenvalue weighted by atomic mass is 16.5. The third-order valence-corrected chi connectivity index (χ3v) is 6.13. The van der Waals surface area contributed by atoms with Crippen molar-refractivity contribution in [2.45, 2.75) is 52.8 Å². The predicted octanol–water partition coefficient (Wildman–Crippen LogP) is 5.36. The molecule has 2 heterocycles. The number of nitrogens with zero attached hydrogens (tertiary/aromatic N) is 2. The van der Waals surface area contributed by atoms with E-state index in [4.69, 9.17) is 4.74 Å². The normalized spacial score (nSPS) is 17.3. The molecule has 3 aromatic rings. The second-order valence-electron chi connectivity index (χ2n) is 9.03. The Morgan fingerprint density at radius 1 is 1.09 bits per heavy atom. The molecule has 2 aromatic carbocycles. The van der Waals surface area contributed by atoms with Gasteiger partial charge in [0.15, 0.2) is 0 Å². The lowest BCUT2D eigenvalue weighted by Gasteiger charge is -2.25. The minimum atomic E-state index is -0.715. The third kappa shape index (κ3) is 4.97. The van der Waals surface area contributed by atoms with Gasteiger partial charge >= 0.3 is 0 Å². The summed E-state index contributed by atoms with van der Waals surface area (Å²) < 4.78 is 5.81. The maximum atomic E-state index is 13.3. The van der Waals surface area contributed by atoms with Crippen LogP contribution in [0.5, 0.6) is 5.75 Å². The highest BCUT2D eigenvalue weighted by Crippen LogP contribution is 2.40. The molecule has 0 saturated carbocycles. The molecule has 1 aliphatic heterocycles. The summed E-state index contributed by atoms with van der Waals surface area (Å²) in [6.07, 6.45) is 4.22. The maximum Gasteiger partial charge on any atom is 0.295 e. The smallest absolute Gasteiger partial charge is 0.295 e. The van der Waals surface area contributed by atoms with Crippen molar-refractivity contribution in [3.05, 3.63) is 100 Å². The lowest BCUT2D eigenvalue weighted by Crippen LogP contribution is -2.29. The molecule has 1 aromatic heterocycles. The number of Topliss-reactive ketones (excluding diaryl/α,β-unsaturated/α-hetero) is 1. The van der Waals surface area contributed by atoms with Gasteiger partial charge in [-0.15, -0.1) is 0 Å². The van der Waals surface area contributed by atoms with Gasteiger partial charge in [0.1, 0.15) is 11.5 Å². The topological polar surface area (TPSA) is 79.7 Å². The second-order valence-corrected chi connectivity index (χ2v) is 9.03. The Labute approximate surface area is 205 Å². The first-order valence-electron chi connectivity index (χ1n) is 11.8. The molecule has 1 N–H and O–H groups in total. The minimum absolute atomic E-state index is 0.0111. The fourth-order valence-electron chi connectivity index (χ4n) is 4.35. The Morgan fingerprint density at radius 3 is 2.43 bits per heavy atom. The van der Waals surface area contributed by atoms with Gasteiger partial charge in [0.05, 0.1) is 17.7 Å². The van der Waals surface area contributed by atoms with Gasteiger partial charge in [-0.2, -0.15) is 0 Å². The Bertz CT molecular complexity index is 1260. The van der Waals surface area contributed by atoms with E-state index in [2.05, 4.69) is 11.9 Å². The number of aryl methyl sites for hydroxylation is 2. The number of amides is 1. The zero-order chi connectivity index (χ0) is 25.1. The fraction of sp³-hybridized carbons (Fsp3) is 0.276. The molecular formula is C29H30N2O4. The van der Waals surface area contributed by atoms with Gasteiger partial charge in [0.25, 0.3) is 11.7 Å². The van der Waals surface area contributed by atoms with Crippen LogP contribution in [0, 0.1) is 6.92 Å². The molecule has 6 heteroatoms. The van der Waals surface area contributed by atoms with Crippen molar-refractivity contribution < 1.29 is 19.4 Å². The molecule has 1 aliphatic rings. The first-order chi connectivity index (χ1) is 16.8. The first-order valence-corrected chi connectivity index (χ1v) is 11.8. The van der Waals surface area contributed by atoms with Gasteiger partial charge in [-0.1, -0.05) is 37.3 Å². The van der Waals surface area contributed by atoms with Gasteiger partial charge < -0.3 is 14.7 Å². The number of likely N-dealkylation sites (tertiary alicyclic amines) is 1. The Morgan fingerprint density at radius 2 is 1.83 bits per heavy atom. The van der Waals surface area contributed by atoms with Crippen LogP contribution in [0.15, 0.2) is 72.6 Å². The van der Waals surface area contributed by atoms with Crippen molar-refractivity contribution in [1.82, 2.24) is 9.88 Å². The van der Waals surface area contributed by atoms with Crippen molar-refractivity contribution in [3.63, 3.8) is 0 Å². The summed E-state index contributed by atoms with van der Waals surface area (Å²) in [7, 11) is 0. The third-order valence-electron chi connectivity index (χ3n) is 6.13. The number of rotatable bonds is 7. The largest absolute Gasteiger partial charge is 0.507 e. The number of carbonyl (C=O) groups excluding carboxylic acids is 2. The SMILES string of the molecule is CCc1ccc(C2/C(=C(\O)c3ccc(OC(C)C)c(C)c3)C(=O)C(=O)N2Cc2cccnc2)cc1. The highest BCUT2D eigenvalue weighted by Gasteiger charge is 2.46. The van der Waals surface area contributed by atoms with E-state index < -0.39 is 17.7 Å². The summed E-state index contributed by atoms with van der Waals surface area (Å²) in [6, 6.07) is 16.0. The summed E-state index contributed by atoms with van der Waals surface area (Å²) in [4.78, 5) is 32.1. The van der Waals surface area contributed by atoms with Gasteiger partial charge in [0, 0.05) is 24.5 Å². The number of benzene rings is 2. The molecule has 0 radical (unpaired) electrons. The number of ketones is 1. The summed E-state index contributed by atoms with van der Waals surface area (Å²) in [5.41, 5.74) is 4.10. The number of aliphatic hydroxyl groups excluding tert-OH is 1. The Kier molecular flexibility index (Phi) is 7.01. The van der Waals surface area contributed by atoms with Gasteiger partial charge in [-0.3, -0.25) is 14.6 Å². The zero-order valence-corrected chi connectivity index (χ0v) is 20.5. The van der Waals surface area contributed by atoms with E-state index in [1.807, 2.05) is 51.1 Å². The average Bonchev–Trinajstić information content (AvgIpc) is 3.10. The second kappa shape index (κ2) is 10.1. The van der Waals surface area contributed by atoms with Crippen LogP contribution in [0.4, 0.5) is 0 Å². The predicted molar refractivity (Wildman–Crippen MR) is 135 cm³/mol. The molecule has 1 saturated heterocycles. The molecule has 6 nitrogen and oxygen atoms in total. The van der Waals surface area contributed by atoms with E-state index in [1.165, 1.54) is 4.90 Å². The van der Waals surface area contributed by atoms with E-state index >= 15 is 0 Å². The number of hydrogen-bond acceptors (Lipinski definition) is 5.